The minimum absolute atomic E-state index is 1.01. The highest BCUT2D eigenvalue weighted by molar-refractivity contribution is 6.03. The van der Waals surface area contributed by atoms with Gasteiger partial charge in [-0.05, 0) is 18.5 Å². The van der Waals surface area contributed by atoms with Crippen LogP contribution in [0.4, 0.5) is 5.69 Å². The smallest absolute Gasteiger partial charge is 0.136 e. The third kappa shape index (κ3) is 3.42. The second-order valence-electron chi connectivity index (χ2n) is 6.59. The number of aliphatic imine (C=N–C) groups is 1. The third-order valence-electron chi connectivity index (χ3n) is 4.83. The van der Waals surface area contributed by atoms with Gasteiger partial charge in [0.15, 0.2) is 0 Å². The molecule has 1 aliphatic heterocycles. The molecule has 3 nitrogen and oxygen atoms in total. The first-order chi connectivity index (χ1) is 12.3. The number of rotatable bonds is 2. The SMILES string of the molecule is CN1CCN(C(=Nc2cccc3ccccc23)c2ccccc2)CC1. The van der Waals surface area contributed by atoms with Crippen molar-refractivity contribution in [3.8, 4) is 0 Å². The van der Waals surface area contributed by atoms with Gasteiger partial charge in [-0.15, -0.1) is 0 Å². The molecular weight excluding hydrogens is 306 g/mol. The summed E-state index contributed by atoms with van der Waals surface area (Å²) in [4.78, 5) is 9.92. The summed E-state index contributed by atoms with van der Waals surface area (Å²) in [5.41, 5.74) is 2.22. The molecule has 0 radical (unpaired) electrons. The first-order valence-electron chi connectivity index (χ1n) is 8.86. The van der Waals surface area contributed by atoms with Crippen LogP contribution in [-0.2, 0) is 0 Å². The van der Waals surface area contributed by atoms with Crippen molar-refractivity contribution < 1.29 is 0 Å². The van der Waals surface area contributed by atoms with Gasteiger partial charge in [0.05, 0.1) is 5.69 Å². The standard InChI is InChI=1S/C22H23N3/c1-24-14-16-25(17-15-24)22(19-9-3-2-4-10-19)23-21-13-7-11-18-8-5-6-12-20(18)21/h2-13H,14-17H2,1H3. The molecule has 0 N–H and O–H groups in total. The van der Waals surface area contributed by atoms with E-state index in [1.807, 2.05) is 0 Å². The normalized spacial score (nSPS) is 16.4. The molecule has 126 valence electrons. The Morgan fingerprint density at radius 2 is 1.44 bits per heavy atom. The van der Waals surface area contributed by atoms with E-state index >= 15 is 0 Å². The maximum Gasteiger partial charge on any atom is 0.136 e. The van der Waals surface area contributed by atoms with Crippen molar-refractivity contribution in [1.29, 1.82) is 0 Å². The number of benzene rings is 3. The average molecular weight is 329 g/mol. The zero-order valence-electron chi connectivity index (χ0n) is 14.6. The molecule has 25 heavy (non-hydrogen) atoms. The predicted molar refractivity (Wildman–Crippen MR) is 106 cm³/mol. The third-order valence-corrected chi connectivity index (χ3v) is 4.83. The van der Waals surface area contributed by atoms with E-state index < -0.39 is 0 Å². The highest BCUT2D eigenvalue weighted by Crippen LogP contribution is 2.27. The van der Waals surface area contributed by atoms with Gasteiger partial charge < -0.3 is 9.80 Å². The molecule has 3 aromatic carbocycles. The molecule has 0 unspecified atom stereocenters. The van der Waals surface area contributed by atoms with Crippen molar-refractivity contribution >= 4 is 22.3 Å². The van der Waals surface area contributed by atoms with Crippen LogP contribution in [0.3, 0.4) is 0 Å². The molecule has 3 heteroatoms. The fourth-order valence-corrected chi connectivity index (χ4v) is 3.34. The summed E-state index contributed by atoms with van der Waals surface area (Å²) in [6, 6.07) is 25.4. The first kappa shape index (κ1) is 15.9. The van der Waals surface area contributed by atoms with E-state index in [-0.39, 0.29) is 0 Å². The summed E-state index contributed by atoms with van der Waals surface area (Å²) in [5, 5.41) is 2.43. The molecule has 1 aliphatic rings. The van der Waals surface area contributed by atoms with Gasteiger partial charge in [-0.25, -0.2) is 4.99 Å². The molecule has 0 bridgehead atoms. The minimum Gasteiger partial charge on any atom is -0.354 e. The number of likely N-dealkylation sites (N-methyl/N-ethyl adjacent to an activating group) is 1. The van der Waals surface area contributed by atoms with E-state index in [9.17, 15) is 0 Å². The van der Waals surface area contributed by atoms with Gasteiger partial charge in [-0.1, -0.05) is 66.7 Å². The lowest BCUT2D eigenvalue weighted by Gasteiger charge is -2.34. The second-order valence-corrected chi connectivity index (χ2v) is 6.59. The highest BCUT2D eigenvalue weighted by Gasteiger charge is 2.19. The Bertz CT molecular complexity index is 873. The Morgan fingerprint density at radius 3 is 2.24 bits per heavy atom. The quantitative estimate of drug-likeness (QED) is 0.519. The first-order valence-corrected chi connectivity index (χ1v) is 8.86. The summed E-state index contributed by atoms with van der Waals surface area (Å²) in [6.45, 7) is 4.16. The van der Waals surface area contributed by atoms with Gasteiger partial charge in [-0.2, -0.15) is 0 Å². The van der Waals surface area contributed by atoms with Crippen LogP contribution in [0.2, 0.25) is 0 Å². The van der Waals surface area contributed by atoms with Crippen LogP contribution in [-0.4, -0.2) is 48.9 Å². The van der Waals surface area contributed by atoms with Crippen molar-refractivity contribution in [2.75, 3.05) is 33.2 Å². The van der Waals surface area contributed by atoms with Crippen molar-refractivity contribution in [3.05, 3.63) is 78.4 Å². The summed E-state index contributed by atoms with van der Waals surface area (Å²) >= 11 is 0. The maximum atomic E-state index is 5.13. The van der Waals surface area contributed by atoms with Gasteiger partial charge in [0.1, 0.15) is 5.84 Å². The molecule has 0 saturated carbocycles. The van der Waals surface area contributed by atoms with E-state index in [0.717, 1.165) is 37.7 Å². The Balaban J connectivity index is 1.81. The molecule has 1 saturated heterocycles. The maximum absolute atomic E-state index is 5.13. The minimum atomic E-state index is 1.01. The van der Waals surface area contributed by atoms with Crippen LogP contribution in [0.1, 0.15) is 5.56 Å². The van der Waals surface area contributed by atoms with E-state index in [1.165, 1.54) is 16.3 Å². The number of piperazine rings is 1. The monoisotopic (exact) mass is 329 g/mol. The highest BCUT2D eigenvalue weighted by atomic mass is 15.3. The summed E-state index contributed by atoms with van der Waals surface area (Å²) in [6.07, 6.45) is 0. The molecule has 0 spiro atoms. The van der Waals surface area contributed by atoms with Crippen LogP contribution < -0.4 is 0 Å². The van der Waals surface area contributed by atoms with Gasteiger partial charge in [0.2, 0.25) is 0 Å². The average Bonchev–Trinajstić information content (AvgIpc) is 2.68. The van der Waals surface area contributed by atoms with Crippen LogP contribution in [0.5, 0.6) is 0 Å². The lowest BCUT2D eigenvalue weighted by atomic mass is 10.1. The zero-order chi connectivity index (χ0) is 17.1. The Morgan fingerprint density at radius 1 is 0.760 bits per heavy atom. The Kier molecular flexibility index (Phi) is 4.49. The van der Waals surface area contributed by atoms with Crippen molar-refractivity contribution in [3.63, 3.8) is 0 Å². The van der Waals surface area contributed by atoms with Crippen molar-refractivity contribution in [2.24, 2.45) is 4.99 Å². The molecule has 0 amide bonds. The van der Waals surface area contributed by atoms with Gasteiger partial charge in [-0.3, -0.25) is 0 Å². The van der Waals surface area contributed by atoms with Crippen molar-refractivity contribution in [1.82, 2.24) is 9.80 Å². The topological polar surface area (TPSA) is 18.8 Å². The number of fused-ring (bicyclic) bond motifs is 1. The van der Waals surface area contributed by atoms with Gasteiger partial charge >= 0.3 is 0 Å². The number of hydrogen-bond acceptors (Lipinski definition) is 2. The fraction of sp³-hybridized carbons (Fsp3) is 0.227. The Labute approximate surface area is 149 Å². The van der Waals surface area contributed by atoms with E-state index in [1.54, 1.807) is 0 Å². The molecule has 0 atom stereocenters. The molecule has 4 rings (SSSR count). The fourth-order valence-electron chi connectivity index (χ4n) is 3.34. The lowest BCUT2D eigenvalue weighted by molar-refractivity contribution is 0.216. The summed E-state index contributed by atoms with van der Waals surface area (Å²) in [5.74, 6) is 1.07. The van der Waals surface area contributed by atoms with E-state index in [4.69, 9.17) is 4.99 Å². The summed E-state index contributed by atoms with van der Waals surface area (Å²) < 4.78 is 0. The number of amidine groups is 1. The van der Waals surface area contributed by atoms with Crippen LogP contribution in [0.15, 0.2) is 77.8 Å². The number of nitrogens with zero attached hydrogens (tertiary/aromatic N) is 3. The molecular formula is C22H23N3. The van der Waals surface area contributed by atoms with E-state index in [2.05, 4.69) is 89.6 Å². The van der Waals surface area contributed by atoms with Crippen LogP contribution >= 0.6 is 0 Å². The Hall–Kier alpha value is -2.65. The summed E-state index contributed by atoms with van der Waals surface area (Å²) in [7, 11) is 2.18. The molecule has 1 heterocycles. The van der Waals surface area contributed by atoms with Crippen molar-refractivity contribution in [2.45, 2.75) is 0 Å². The zero-order valence-corrected chi connectivity index (χ0v) is 14.6. The second kappa shape index (κ2) is 7.08. The van der Waals surface area contributed by atoms with Crippen LogP contribution in [0.25, 0.3) is 10.8 Å². The largest absolute Gasteiger partial charge is 0.354 e. The molecule has 0 aliphatic carbocycles. The molecule has 0 aromatic heterocycles. The van der Waals surface area contributed by atoms with Gasteiger partial charge in [0.25, 0.3) is 0 Å². The van der Waals surface area contributed by atoms with Gasteiger partial charge in [0, 0.05) is 37.1 Å². The number of hydrogen-bond donors (Lipinski definition) is 0. The lowest BCUT2D eigenvalue weighted by Crippen LogP contribution is -2.47. The molecule has 3 aromatic rings. The molecule has 1 fully saturated rings. The van der Waals surface area contributed by atoms with Crippen LogP contribution in [0, 0.1) is 0 Å². The van der Waals surface area contributed by atoms with E-state index in [0.29, 0.717) is 0 Å². The predicted octanol–water partition coefficient (Wildman–Crippen LogP) is 4.17.